The Bertz CT molecular complexity index is 778. The van der Waals surface area contributed by atoms with Crippen molar-refractivity contribution in [3.63, 3.8) is 0 Å². The van der Waals surface area contributed by atoms with Gasteiger partial charge in [0.2, 0.25) is 0 Å². The summed E-state index contributed by atoms with van der Waals surface area (Å²) in [6, 6.07) is 13.9. The molecule has 0 atom stereocenters. The van der Waals surface area contributed by atoms with Gasteiger partial charge in [-0.3, -0.25) is 0 Å². The fourth-order valence-electron chi connectivity index (χ4n) is 1.64. The molecular weight excluding hydrogens is 340 g/mol. The first-order chi connectivity index (χ1) is 9.40. The zero-order chi connectivity index (χ0) is 14.8. The maximum absolute atomic E-state index is 11.4. The van der Waals surface area contributed by atoms with Gasteiger partial charge in [0.25, 0.3) is 0 Å². The third-order valence-electron chi connectivity index (χ3n) is 2.66. The molecule has 2 aromatic rings. The highest BCUT2D eigenvalue weighted by atomic mass is 79.9. The number of nitriles is 1. The van der Waals surface area contributed by atoms with E-state index < -0.39 is 9.84 Å². The molecule has 102 valence electrons. The molecule has 1 N–H and O–H groups in total. The van der Waals surface area contributed by atoms with E-state index in [9.17, 15) is 8.42 Å². The monoisotopic (exact) mass is 350 g/mol. The molecule has 0 heterocycles. The summed E-state index contributed by atoms with van der Waals surface area (Å²) in [6.07, 6.45) is 1.17. The summed E-state index contributed by atoms with van der Waals surface area (Å²) in [5.41, 5.74) is 2.14. The molecule has 0 saturated carbocycles. The van der Waals surface area contributed by atoms with Gasteiger partial charge in [-0.2, -0.15) is 5.26 Å². The van der Waals surface area contributed by atoms with Crippen LogP contribution in [0, 0.1) is 11.3 Å². The van der Waals surface area contributed by atoms with Crippen molar-refractivity contribution in [2.24, 2.45) is 0 Å². The van der Waals surface area contributed by atoms with E-state index in [4.69, 9.17) is 5.26 Å². The summed E-state index contributed by atoms with van der Waals surface area (Å²) in [5.74, 6) is 0. The van der Waals surface area contributed by atoms with Crippen molar-refractivity contribution < 1.29 is 8.42 Å². The Morgan fingerprint density at radius 1 is 1.10 bits per heavy atom. The number of benzene rings is 2. The van der Waals surface area contributed by atoms with E-state index in [1.807, 2.05) is 0 Å². The number of hydrogen-bond acceptors (Lipinski definition) is 4. The van der Waals surface area contributed by atoms with Crippen LogP contribution in [0.3, 0.4) is 0 Å². The number of sulfone groups is 1. The Labute approximate surface area is 126 Å². The Hall–Kier alpha value is -1.84. The Kier molecular flexibility index (Phi) is 4.12. The smallest absolute Gasteiger partial charge is 0.175 e. The van der Waals surface area contributed by atoms with Crippen LogP contribution >= 0.6 is 15.9 Å². The Morgan fingerprint density at radius 3 is 2.20 bits per heavy atom. The summed E-state index contributed by atoms with van der Waals surface area (Å²) < 4.78 is 23.4. The molecule has 2 aromatic carbocycles. The van der Waals surface area contributed by atoms with Crippen molar-refractivity contribution >= 4 is 37.1 Å². The standard InChI is InChI=1S/C14H11BrN2O2S/c1-20(18,19)13-6-4-11(5-7-13)17-12-3-2-10(9-16)14(15)8-12/h2-8,17H,1H3. The molecule has 0 radical (unpaired) electrons. The molecular formula is C14H11BrN2O2S. The van der Waals surface area contributed by atoms with E-state index in [1.165, 1.54) is 6.26 Å². The predicted octanol–water partition coefficient (Wildman–Crippen LogP) is 3.47. The summed E-state index contributed by atoms with van der Waals surface area (Å²) in [7, 11) is -3.18. The molecule has 6 heteroatoms. The van der Waals surface area contributed by atoms with E-state index in [0.29, 0.717) is 10.0 Å². The first kappa shape index (κ1) is 14.6. The first-order valence-corrected chi connectivity index (χ1v) is 8.35. The quantitative estimate of drug-likeness (QED) is 0.919. The molecule has 0 aliphatic heterocycles. The second-order valence-corrected chi connectivity index (χ2v) is 7.10. The van der Waals surface area contributed by atoms with Gasteiger partial charge in [0.1, 0.15) is 6.07 Å². The number of nitrogens with zero attached hydrogens (tertiary/aromatic N) is 1. The number of nitrogens with one attached hydrogen (secondary N) is 1. The van der Waals surface area contributed by atoms with E-state index in [2.05, 4.69) is 27.3 Å². The van der Waals surface area contributed by atoms with Crippen molar-refractivity contribution in [2.45, 2.75) is 4.90 Å². The van der Waals surface area contributed by atoms with Crippen molar-refractivity contribution in [1.82, 2.24) is 0 Å². The molecule has 0 fully saturated rings. The average Bonchev–Trinajstić information content (AvgIpc) is 2.38. The predicted molar refractivity (Wildman–Crippen MR) is 81.7 cm³/mol. The van der Waals surface area contributed by atoms with Crippen LogP contribution in [0.5, 0.6) is 0 Å². The molecule has 4 nitrogen and oxygen atoms in total. The molecule has 20 heavy (non-hydrogen) atoms. The molecule has 0 aliphatic carbocycles. The van der Waals surface area contributed by atoms with Crippen molar-refractivity contribution in [1.29, 1.82) is 5.26 Å². The van der Waals surface area contributed by atoms with Crippen LogP contribution in [-0.2, 0) is 9.84 Å². The van der Waals surface area contributed by atoms with Gasteiger partial charge in [-0.05, 0) is 58.4 Å². The number of hydrogen-bond donors (Lipinski definition) is 1. The van der Waals surface area contributed by atoms with Gasteiger partial charge in [-0.25, -0.2) is 8.42 Å². The van der Waals surface area contributed by atoms with Crippen LogP contribution in [0.15, 0.2) is 51.8 Å². The van der Waals surface area contributed by atoms with Gasteiger partial charge < -0.3 is 5.32 Å². The van der Waals surface area contributed by atoms with Crippen LogP contribution in [0.25, 0.3) is 0 Å². The molecule has 0 aliphatic rings. The summed E-state index contributed by atoms with van der Waals surface area (Å²) in [6.45, 7) is 0. The third kappa shape index (κ3) is 3.38. The summed E-state index contributed by atoms with van der Waals surface area (Å²) >= 11 is 3.32. The third-order valence-corrected chi connectivity index (χ3v) is 4.45. The lowest BCUT2D eigenvalue weighted by Gasteiger charge is -2.08. The van der Waals surface area contributed by atoms with Gasteiger partial charge in [-0.15, -0.1) is 0 Å². The number of halogens is 1. The minimum Gasteiger partial charge on any atom is -0.355 e. The molecule has 0 unspecified atom stereocenters. The second kappa shape index (κ2) is 5.65. The molecule has 2 rings (SSSR count). The zero-order valence-corrected chi connectivity index (χ0v) is 13.0. The normalized spacial score (nSPS) is 10.8. The SMILES string of the molecule is CS(=O)(=O)c1ccc(Nc2ccc(C#N)c(Br)c2)cc1. The first-order valence-electron chi connectivity index (χ1n) is 5.67. The van der Waals surface area contributed by atoms with Crippen molar-refractivity contribution in [3.05, 3.63) is 52.5 Å². The Morgan fingerprint density at radius 2 is 1.70 bits per heavy atom. The van der Waals surface area contributed by atoms with Gasteiger partial charge in [0.15, 0.2) is 9.84 Å². The lowest BCUT2D eigenvalue weighted by Crippen LogP contribution is -1.97. The molecule has 0 aromatic heterocycles. The van der Waals surface area contributed by atoms with E-state index in [-0.39, 0.29) is 4.90 Å². The van der Waals surface area contributed by atoms with Gasteiger partial charge in [-0.1, -0.05) is 0 Å². The van der Waals surface area contributed by atoms with Crippen LogP contribution in [0.2, 0.25) is 0 Å². The maximum Gasteiger partial charge on any atom is 0.175 e. The lowest BCUT2D eigenvalue weighted by molar-refractivity contribution is 0.602. The largest absolute Gasteiger partial charge is 0.355 e. The minimum absolute atomic E-state index is 0.282. The lowest BCUT2D eigenvalue weighted by atomic mass is 10.2. The van der Waals surface area contributed by atoms with E-state index in [0.717, 1.165) is 11.4 Å². The van der Waals surface area contributed by atoms with Gasteiger partial charge >= 0.3 is 0 Å². The number of rotatable bonds is 3. The summed E-state index contributed by atoms with van der Waals surface area (Å²) in [5, 5.41) is 12.0. The molecule has 0 amide bonds. The van der Waals surface area contributed by atoms with Crippen LogP contribution in [0.1, 0.15) is 5.56 Å². The van der Waals surface area contributed by atoms with Gasteiger partial charge in [0.05, 0.1) is 10.5 Å². The molecule has 0 bridgehead atoms. The Balaban J connectivity index is 2.23. The summed E-state index contributed by atoms with van der Waals surface area (Å²) in [4.78, 5) is 0.282. The molecule has 0 saturated heterocycles. The van der Waals surface area contributed by atoms with E-state index in [1.54, 1.807) is 42.5 Å². The molecule has 0 spiro atoms. The van der Waals surface area contributed by atoms with Crippen LogP contribution in [0.4, 0.5) is 11.4 Å². The average molecular weight is 351 g/mol. The van der Waals surface area contributed by atoms with Crippen molar-refractivity contribution in [2.75, 3.05) is 11.6 Å². The zero-order valence-electron chi connectivity index (χ0n) is 10.6. The highest BCUT2D eigenvalue weighted by molar-refractivity contribution is 9.10. The van der Waals surface area contributed by atoms with Crippen molar-refractivity contribution in [3.8, 4) is 6.07 Å². The van der Waals surface area contributed by atoms with Gasteiger partial charge in [0, 0.05) is 22.1 Å². The highest BCUT2D eigenvalue weighted by Crippen LogP contribution is 2.24. The fraction of sp³-hybridized carbons (Fsp3) is 0.0714. The minimum atomic E-state index is -3.18. The van der Waals surface area contributed by atoms with Crippen LogP contribution < -0.4 is 5.32 Å². The highest BCUT2D eigenvalue weighted by Gasteiger charge is 2.06. The van der Waals surface area contributed by atoms with Crippen LogP contribution in [-0.4, -0.2) is 14.7 Å². The van der Waals surface area contributed by atoms with E-state index >= 15 is 0 Å². The topological polar surface area (TPSA) is 70.0 Å². The maximum atomic E-state index is 11.4. The fourth-order valence-corrected chi connectivity index (χ4v) is 2.73. The second-order valence-electron chi connectivity index (χ2n) is 4.23. The number of anilines is 2.